The summed E-state index contributed by atoms with van der Waals surface area (Å²) in [5, 5.41) is 0. The molecular weight excluding hydrogens is 398 g/mol. The van der Waals surface area contributed by atoms with Crippen LogP contribution in [-0.4, -0.2) is 48.6 Å². The van der Waals surface area contributed by atoms with Gasteiger partial charge in [0.1, 0.15) is 5.82 Å². The van der Waals surface area contributed by atoms with Crippen LogP contribution in [0.5, 0.6) is 0 Å². The van der Waals surface area contributed by atoms with E-state index in [0.29, 0.717) is 29.9 Å². The molecule has 2 aromatic rings. The number of rotatable bonds is 4. The van der Waals surface area contributed by atoms with E-state index in [4.69, 9.17) is 9.72 Å². The summed E-state index contributed by atoms with van der Waals surface area (Å²) in [4.78, 5) is 5.20. The topological polar surface area (TPSA) is 64.4 Å². The number of sulfonamides is 1. The van der Waals surface area contributed by atoms with Crippen LogP contribution in [-0.2, 0) is 27.6 Å². The largest absolute Gasteiger partial charge is 0.381 e. The van der Waals surface area contributed by atoms with Gasteiger partial charge in [-0.1, -0.05) is 6.07 Å². The second kappa shape index (κ2) is 8.09. The number of nitrogens with zero attached hydrogens (tertiary/aromatic N) is 3. The summed E-state index contributed by atoms with van der Waals surface area (Å²) >= 11 is 0. The van der Waals surface area contributed by atoms with E-state index in [0.717, 1.165) is 64.0 Å². The lowest BCUT2D eigenvalue weighted by Crippen LogP contribution is -2.39. The fourth-order valence-corrected chi connectivity index (χ4v) is 6.92. The van der Waals surface area contributed by atoms with Gasteiger partial charge in [0.25, 0.3) is 0 Å². The molecule has 0 N–H and O–H groups in total. The minimum atomic E-state index is -3.42. The second-order valence-corrected chi connectivity index (χ2v) is 10.9. The van der Waals surface area contributed by atoms with Gasteiger partial charge in [-0.15, -0.1) is 0 Å². The third-order valence-electron chi connectivity index (χ3n) is 7.09. The number of ether oxygens (including phenoxy) is 1. The zero-order valence-corrected chi connectivity index (χ0v) is 18.5. The summed E-state index contributed by atoms with van der Waals surface area (Å²) in [6.07, 6.45) is 8.86. The van der Waals surface area contributed by atoms with Crippen molar-refractivity contribution < 1.29 is 13.2 Å². The van der Waals surface area contributed by atoms with Crippen molar-refractivity contribution in [1.82, 2.24) is 13.9 Å². The molecule has 1 aromatic heterocycles. The number of aromatic nitrogens is 2. The average Bonchev–Trinajstić information content (AvgIpc) is 3.40. The third kappa shape index (κ3) is 3.61. The first-order valence-electron chi connectivity index (χ1n) is 11.3. The second-order valence-electron chi connectivity index (χ2n) is 8.93. The Morgan fingerprint density at radius 2 is 1.77 bits per heavy atom. The zero-order chi connectivity index (χ0) is 20.7. The van der Waals surface area contributed by atoms with Gasteiger partial charge in [-0.05, 0) is 75.1 Å². The first-order chi connectivity index (χ1) is 14.5. The Morgan fingerprint density at radius 1 is 1.03 bits per heavy atom. The molecule has 30 heavy (non-hydrogen) atoms. The van der Waals surface area contributed by atoms with Crippen LogP contribution in [0.15, 0.2) is 29.3 Å². The van der Waals surface area contributed by atoms with E-state index in [1.54, 1.807) is 10.4 Å². The average molecular weight is 430 g/mol. The molecule has 2 saturated heterocycles. The van der Waals surface area contributed by atoms with Gasteiger partial charge in [0.15, 0.2) is 0 Å². The Morgan fingerprint density at radius 3 is 2.53 bits per heavy atom. The van der Waals surface area contributed by atoms with Gasteiger partial charge in [-0.2, -0.15) is 4.31 Å². The van der Waals surface area contributed by atoms with E-state index in [2.05, 4.69) is 11.5 Å². The number of aryl methyl sites for hydroxylation is 3. The van der Waals surface area contributed by atoms with Gasteiger partial charge < -0.3 is 9.30 Å². The van der Waals surface area contributed by atoms with Crippen molar-refractivity contribution in [3.63, 3.8) is 0 Å². The molecule has 7 heteroatoms. The summed E-state index contributed by atoms with van der Waals surface area (Å²) in [5.41, 5.74) is 3.70. The summed E-state index contributed by atoms with van der Waals surface area (Å²) in [5.74, 6) is 1.61. The SMILES string of the molecule is Cc1cnc(C2CCOCC2)n1C1CCN(S(=O)(=O)c2ccc3c(c2)CCC3)CC1. The van der Waals surface area contributed by atoms with Crippen molar-refractivity contribution >= 4 is 10.0 Å². The number of piperidine rings is 1. The molecule has 0 radical (unpaired) electrons. The van der Waals surface area contributed by atoms with Gasteiger partial charge in [0, 0.05) is 50.2 Å². The molecule has 0 amide bonds. The van der Waals surface area contributed by atoms with E-state index in [9.17, 15) is 8.42 Å². The fraction of sp³-hybridized carbons (Fsp3) is 0.609. The molecular formula is C23H31N3O3S. The molecule has 1 aliphatic carbocycles. The van der Waals surface area contributed by atoms with Crippen molar-refractivity contribution in [3.05, 3.63) is 47.0 Å². The minimum Gasteiger partial charge on any atom is -0.381 e. The van der Waals surface area contributed by atoms with Crippen molar-refractivity contribution in [2.45, 2.75) is 68.7 Å². The van der Waals surface area contributed by atoms with Gasteiger partial charge >= 0.3 is 0 Å². The zero-order valence-electron chi connectivity index (χ0n) is 17.7. The summed E-state index contributed by atoms with van der Waals surface area (Å²) in [6, 6.07) is 6.04. The molecule has 1 aromatic carbocycles. The van der Waals surface area contributed by atoms with Crippen LogP contribution >= 0.6 is 0 Å². The summed E-state index contributed by atoms with van der Waals surface area (Å²) in [6.45, 7) is 4.84. The molecule has 162 valence electrons. The standard InChI is InChI=1S/C23H31N3O3S/c1-17-16-24-23(19-9-13-29-14-10-19)26(17)21-7-11-25(12-8-21)30(27,28)22-6-5-18-3-2-4-20(18)15-22/h5-6,15-16,19,21H,2-4,7-14H2,1H3. The number of benzene rings is 1. The summed E-state index contributed by atoms with van der Waals surface area (Å²) in [7, 11) is -3.42. The van der Waals surface area contributed by atoms with Crippen LogP contribution in [0.2, 0.25) is 0 Å². The van der Waals surface area contributed by atoms with Crippen molar-refractivity contribution in [2.24, 2.45) is 0 Å². The van der Waals surface area contributed by atoms with Crippen LogP contribution in [0, 0.1) is 6.92 Å². The molecule has 0 unspecified atom stereocenters. The highest BCUT2D eigenvalue weighted by Crippen LogP contribution is 2.34. The van der Waals surface area contributed by atoms with E-state index in [-0.39, 0.29) is 0 Å². The van der Waals surface area contributed by atoms with E-state index < -0.39 is 10.0 Å². The third-order valence-corrected chi connectivity index (χ3v) is 8.99. The molecule has 0 atom stereocenters. The van der Waals surface area contributed by atoms with Crippen molar-refractivity contribution in [3.8, 4) is 0 Å². The van der Waals surface area contributed by atoms with Crippen LogP contribution in [0.1, 0.15) is 66.7 Å². The minimum absolute atomic E-state index is 0.316. The van der Waals surface area contributed by atoms with Gasteiger partial charge in [-0.25, -0.2) is 13.4 Å². The Bertz CT molecular complexity index is 1020. The smallest absolute Gasteiger partial charge is 0.243 e. The number of hydrogen-bond acceptors (Lipinski definition) is 4. The van der Waals surface area contributed by atoms with Crippen molar-refractivity contribution in [1.29, 1.82) is 0 Å². The monoisotopic (exact) mass is 429 g/mol. The molecule has 0 spiro atoms. The molecule has 2 fully saturated rings. The normalized spacial score (nSPS) is 21.8. The number of hydrogen-bond donors (Lipinski definition) is 0. The van der Waals surface area contributed by atoms with Crippen LogP contribution in [0.3, 0.4) is 0 Å². The number of imidazole rings is 1. The predicted octanol–water partition coefficient (Wildman–Crippen LogP) is 3.60. The first kappa shape index (κ1) is 20.2. The molecule has 5 rings (SSSR count). The van der Waals surface area contributed by atoms with Crippen LogP contribution < -0.4 is 0 Å². The highest BCUT2D eigenvalue weighted by atomic mass is 32.2. The Kier molecular flexibility index (Phi) is 5.45. The molecule has 0 saturated carbocycles. The quantitative estimate of drug-likeness (QED) is 0.745. The van der Waals surface area contributed by atoms with Gasteiger partial charge in [0.05, 0.1) is 4.90 Å². The maximum atomic E-state index is 13.3. The molecule has 3 aliphatic rings. The highest BCUT2D eigenvalue weighted by molar-refractivity contribution is 7.89. The lowest BCUT2D eigenvalue weighted by atomic mass is 9.98. The van der Waals surface area contributed by atoms with Crippen LogP contribution in [0.25, 0.3) is 0 Å². The van der Waals surface area contributed by atoms with Gasteiger partial charge in [-0.3, -0.25) is 0 Å². The van der Waals surface area contributed by atoms with Crippen LogP contribution in [0.4, 0.5) is 0 Å². The highest BCUT2D eigenvalue weighted by Gasteiger charge is 2.33. The summed E-state index contributed by atoms with van der Waals surface area (Å²) < 4.78 is 36.1. The Hall–Kier alpha value is -1.70. The Balaban J connectivity index is 1.32. The Labute approximate surface area is 179 Å². The predicted molar refractivity (Wildman–Crippen MR) is 115 cm³/mol. The van der Waals surface area contributed by atoms with Crippen molar-refractivity contribution in [2.75, 3.05) is 26.3 Å². The fourth-order valence-electron chi connectivity index (χ4n) is 5.40. The van der Waals surface area contributed by atoms with E-state index >= 15 is 0 Å². The van der Waals surface area contributed by atoms with E-state index in [1.165, 1.54) is 16.8 Å². The van der Waals surface area contributed by atoms with E-state index in [1.807, 2.05) is 18.3 Å². The molecule has 3 heterocycles. The first-order valence-corrected chi connectivity index (χ1v) is 12.7. The molecule has 0 bridgehead atoms. The maximum absolute atomic E-state index is 13.3. The molecule has 6 nitrogen and oxygen atoms in total. The number of fused-ring (bicyclic) bond motifs is 1. The lowest BCUT2D eigenvalue weighted by Gasteiger charge is -2.34. The lowest BCUT2D eigenvalue weighted by molar-refractivity contribution is 0.0820. The maximum Gasteiger partial charge on any atom is 0.243 e. The van der Waals surface area contributed by atoms with Gasteiger partial charge in [0.2, 0.25) is 10.0 Å². The molecule has 2 aliphatic heterocycles.